The van der Waals surface area contributed by atoms with Crippen molar-refractivity contribution in [2.24, 2.45) is 0 Å². The Balaban J connectivity index is 1.53. The average Bonchev–Trinajstić information content (AvgIpc) is 3.48. The molecule has 168 valence electrons. The first kappa shape index (κ1) is 21.6. The van der Waals surface area contributed by atoms with Crippen molar-refractivity contribution in [1.82, 2.24) is 14.7 Å². The maximum Gasteiger partial charge on any atom is 0.132 e. The van der Waals surface area contributed by atoms with Gasteiger partial charge in [0.15, 0.2) is 0 Å². The molecule has 1 aliphatic heterocycles. The second-order valence-corrected chi connectivity index (χ2v) is 8.54. The van der Waals surface area contributed by atoms with Crippen LogP contribution in [0.15, 0.2) is 85.1 Å². The summed E-state index contributed by atoms with van der Waals surface area (Å²) < 4.78 is 22.2. The first-order valence-electron chi connectivity index (χ1n) is 11.5. The maximum atomic E-state index is 15.0. The van der Waals surface area contributed by atoms with Gasteiger partial charge in [0.1, 0.15) is 5.82 Å². The van der Waals surface area contributed by atoms with Gasteiger partial charge in [0.05, 0.1) is 24.2 Å². The van der Waals surface area contributed by atoms with Crippen LogP contribution >= 0.6 is 0 Å². The minimum Gasteiger partial charge on any atom is -0.383 e. The van der Waals surface area contributed by atoms with Gasteiger partial charge in [-0.15, -0.1) is 0 Å². The van der Waals surface area contributed by atoms with Crippen LogP contribution in [0.2, 0.25) is 0 Å². The standard InChI is InChI=1S/C28H28FN3O/c1-33-20-25-10-7-17-31(25)19-23-18-30-32(28(23)26-11-5-6-12-27(26)29)24-15-13-22(14-16-24)21-8-3-2-4-9-21/h2-6,8-9,11-16,18,25H,7,10,17,19-20H2,1H3. The Morgan fingerprint density at radius 3 is 2.42 bits per heavy atom. The molecule has 0 saturated carbocycles. The summed E-state index contributed by atoms with van der Waals surface area (Å²) in [6.07, 6.45) is 4.16. The fourth-order valence-electron chi connectivity index (χ4n) is 4.76. The van der Waals surface area contributed by atoms with E-state index in [-0.39, 0.29) is 5.82 Å². The summed E-state index contributed by atoms with van der Waals surface area (Å²) in [6, 6.07) is 25.9. The van der Waals surface area contributed by atoms with Gasteiger partial charge >= 0.3 is 0 Å². The van der Waals surface area contributed by atoms with Crippen molar-refractivity contribution in [3.05, 3.63) is 96.4 Å². The van der Waals surface area contributed by atoms with E-state index in [4.69, 9.17) is 9.84 Å². The van der Waals surface area contributed by atoms with Crippen LogP contribution in [0.5, 0.6) is 0 Å². The van der Waals surface area contributed by atoms with E-state index in [9.17, 15) is 4.39 Å². The smallest absolute Gasteiger partial charge is 0.132 e. The molecule has 1 unspecified atom stereocenters. The highest BCUT2D eigenvalue weighted by atomic mass is 19.1. The Hall–Kier alpha value is -3.28. The van der Waals surface area contributed by atoms with Crippen molar-refractivity contribution in [3.63, 3.8) is 0 Å². The molecule has 1 aromatic heterocycles. The lowest BCUT2D eigenvalue weighted by molar-refractivity contribution is 0.112. The Labute approximate surface area is 194 Å². The summed E-state index contributed by atoms with van der Waals surface area (Å²) in [4.78, 5) is 2.42. The molecule has 0 aliphatic carbocycles. The third kappa shape index (κ3) is 4.47. The van der Waals surface area contributed by atoms with Gasteiger partial charge < -0.3 is 4.74 Å². The number of halogens is 1. The van der Waals surface area contributed by atoms with Crippen LogP contribution in [0, 0.1) is 5.82 Å². The predicted molar refractivity (Wildman–Crippen MR) is 130 cm³/mol. The van der Waals surface area contributed by atoms with Gasteiger partial charge in [-0.3, -0.25) is 4.90 Å². The number of hydrogen-bond donors (Lipinski definition) is 0. The number of hydrogen-bond acceptors (Lipinski definition) is 3. The van der Waals surface area contributed by atoms with Crippen LogP contribution in [0.1, 0.15) is 18.4 Å². The first-order chi connectivity index (χ1) is 16.2. The van der Waals surface area contributed by atoms with E-state index < -0.39 is 0 Å². The normalized spacial score (nSPS) is 16.4. The summed E-state index contributed by atoms with van der Waals surface area (Å²) >= 11 is 0. The molecule has 0 N–H and O–H groups in total. The third-order valence-electron chi connectivity index (χ3n) is 6.42. The zero-order chi connectivity index (χ0) is 22.6. The molecule has 1 saturated heterocycles. The number of methoxy groups -OCH3 is 1. The van der Waals surface area contributed by atoms with Crippen LogP contribution in [0.25, 0.3) is 28.1 Å². The number of benzene rings is 3. The molecule has 3 aromatic carbocycles. The Bertz CT molecular complexity index is 1200. The molecule has 1 atom stereocenters. The number of likely N-dealkylation sites (tertiary alicyclic amines) is 1. The minimum absolute atomic E-state index is 0.240. The van der Waals surface area contributed by atoms with E-state index in [1.807, 2.05) is 53.3 Å². The highest BCUT2D eigenvalue weighted by molar-refractivity contribution is 5.68. The monoisotopic (exact) mass is 441 g/mol. The lowest BCUT2D eigenvalue weighted by Gasteiger charge is -2.24. The molecule has 2 heterocycles. The van der Waals surface area contributed by atoms with Crippen LogP contribution in [-0.2, 0) is 11.3 Å². The minimum atomic E-state index is -0.240. The van der Waals surface area contributed by atoms with Gasteiger partial charge in [0, 0.05) is 30.8 Å². The lowest BCUT2D eigenvalue weighted by Crippen LogP contribution is -2.32. The van der Waals surface area contributed by atoms with E-state index in [1.54, 1.807) is 13.2 Å². The third-order valence-corrected chi connectivity index (χ3v) is 6.42. The maximum absolute atomic E-state index is 15.0. The Kier molecular flexibility index (Phi) is 6.33. The van der Waals surface area contributed by atoms with Crippen LogP contribution in [-0.4, -0.2) is 41.0 Å². The van der Waals surface area contributed by atoms with Crippen molar-refractivity contribution in [3.8, 4) is 28.1 Å². The highest BCUT2D eigenvalue weighted by Gasteiger charge is 2.27. The van der Waals surface area contributed by atoms with Crippen molar-refractivity contribution in [1.29, 1.82) is 0 Å². The fraction of sp³-hybridized carbons (Fsp3) is 0.250. The fourth-order valence-corrected chi connectivity index (χ4v) is 4.76. The molecular weight excluding hydrogens is 413 g/mol. The quantitative estimate of drug-likeness (QED) is 0.355. The SMILES string of the molecule is COCC1CCCN1Cc1cnn(-c2ccc(-c3ccccc3)cc2)c1-c1ccccc1F. The van der Waals surface area contributed by atoms with Gasteiger partial charge in [-0.05, 0) is 54.8 Å². The van der Waals surface area contributed by atoms with Crippen molar-refractivity contribution in [2.45, 2.75) is 25.4 Å². The zero-order valence-electron chi connectivity index (χ0n) is 18.8. The summed E-state index contributed by atoms with van der Waals surface area (Å²) in [6.45, 7) is 2.45. The molecule has 1 fully saturated rings. The molecule has 5 heteroatoms. The Morgan fingerprint density at radius 2 is 1.67 bits per heavy atom. The number of ether oxygens (including phenoxy) is 1. The second-order valence-electron chi connectivity index (χ2n) is 8.54. The topological polar surface area (TPSA) is 30.3 Å². The molecular formula is C28H28FN3O. The first-order valence-corrected chi connectivity index (χ1v) is 11.5. The molecule has 4 nitrogen and oxygen atoms in total. The summed E-state index contributed by atoms with van der Waals surface area (Å²) in [7, 11) is 1.75. The Morgan fingerprint density at radius 1 is 0.939 bits per heavy atom. The second kappa shape index (κ2) is 9.69. The van der Waals surface area contributed by atoms with E-state index in [0.29, 0.717) is 18.2 Å². The molecule has 33 heavy (non-hydrogen) atoms. The molecule has 0 amide bonds. The van der Waals surface area contributed by atoms with E-state index >= 15 is 0 Å². The molecule has 0 radical (unpaired) electrons. The van der Waals surface area contributed by atoms with Crippen molar-refractivity contribution >= 4 is 0 Å². The van der Waals surface area contributed by atoms with Crippen LogP contribution < -0.4 is 0 Å². The van der Waals surface area contributed by atoms with Crippen LogP contribution in [0.3, 0.4) is 0 Å². The molecule has 5 rings (SSSR count). The number of nitrogens with zero attached hydrogens (tertiary/aromatic N) is 3. The predicted octanol–water partition coefficient (Wildman–Crippen LogP) is 5.96. The van der Waals surface area contributed by atoms with Gasteiger partial charge in [-0.2, -0.15) is 5.10 Å². The van der Waals surface area contributed by atoms with E-state index in [2.05, 4.69) is 29.2 Å². The largest absolute Gasteiger partial charge is 0.383 e. The van der Waals surface area contributed by atoms with Gasteiger partial charge in [-0.1, -0.05) is 54.6 Å². The molecule has 0 bridgehead atoms. The van der Waals surface area contributed by atoms with Crippen molar-refractivity contribution in [2.75, 3.05) is 20.3 Å². The highest BCUT2D eigenvalue weighted by Crippen LogP contribution is 2.32. The van der Waals surface area contributed by atoms with Gasteiger partial charge in [-0.25, -0.2) is 9.07 Å². The lowest BCUT2D eigenvalue weighted by atomic mass is 10.0. The zero-order valence-corrected chi connectivity index (χ0v) is 18.8. The molecule has 4 aromatic rings. The van der Waals surface area contributed by atoms with E-state index in [1.165, 1.54) is 6.07 Å². The van der Waals surface area contributed by atoms with Crippen LogP contribution in [0.4, 0.5) is 4.39 Å². The summed E-state index contributed by atoms with van der Waals surface area (Å²) in [5.41, 5.74) is 5.61. The average molecular weight is 442 g/mol. The summed E-state index contributed by atoms with van der Waals surface area (Å²) in [5.74, 6) is -0.240. The molecule has 1 aliphatic rings. The van der Waals surface area contributed by atoms with E-state index in [0.717, 1.165) is 54.0 Å². The number of rotatable bonds is 7. The number of aromatic nitrogens is 2. The van der Waals surface area contributed by atoms with Gasteiger partial charge in [0.25, 0.3) is 0 Å². The van der Waals surface area contributed by atoms with Gasteiger partial charge in [0.2, 0.25) is 0 Å². The van der Waals surface area contributed by atoms with Crippen molar-refractivity contribution < 1.29 is 9.13 Å². The summed E-state index contributed by atoms with van der Waals surface area (Å²) in [5, 5.41) is 4.71. The molecule has 0 spiro atoms.